The highest BCUT2D eigenvalue weighted by Gasteiger charge is 2.42. The van der Waals surface area contributed by atoms with Crippen LogP contribution in [0.15, 0.2) is 0 Å². The highest BCUT2D eigenvalue weighted by Crippen LogP contribution is 2.44. The minimum absolute atomic E-state index is 0.163. The zero-order valence-corrected chi connectivity index (χ0v) is 10.2. The van der Waals surface area contributed by atoms with E-state index in [1.165, 1.54) is 0 Å². The molecule has 0 atom stereocenters. The van der Waals surface area contributed by atoms with Crippen molar-refractivity contribution in [2.75, 3.05) is 0 Å². The maximum absolute atomic E-state index is 11.4. The first kappa shape index (κ1) is 12.0. The van der Waals surface area contributed by atoms with Gasteiger partial charge in [-0.05, 0) is 0 Å². The van der Waals surface area contributed by atoms with E-state index in [4.69, 9.17) is 46.4 Å². The van der Waals surface area contributed by atoms with Crippen molar-refractivity contribution >= 4 is 58.2 Å². The molecule has 1 radical (unpaired) electrons. The standard InChI is InChI=1S/C8Cl4NO3/c9-3-1-2(4(10)6(12)5(3)11)8(15)13(16)7(1)14. The van der Waals surface area contributed by atoms with Crippen molar-refractivity contribution in [2.45, 2.75) is 0 Å². The summed E-state index contributed by atoms with van der Waals surface area (Å²) >= 11 is 22.8. The molecule has 0 aliphatic carbocycles. The number of hydroxylamine groups is 2. The van der Waals surface area contributed by atoms with Crippen LogP contribution in [0.4, 0.5) is 0 Å². The van der Waals surface area contributed by atoms with Gasteiger partial charge in [0.15, 0.2) is 0 Å². The van der Waals surface area contributed by atoms with Gasteiger partial charge in [-0.25, -0.2) is 0 Å². The van der Waals surface area contributed by atoms with Crippen LogP contribution in [-0.2, 0) is 5.21 Å². The smallest absolute Gasteiger partial charge is 0.266 e. The fraction of sp³-hybridized carbons (Fsp3) is 0. The van der Waals surface area contributed by atoms with Gasteiger partial charge in [0.05, 0.1) is 31.2 Å². The van der Waals surface area contributed by atoms with Crippen molar-refractivity contribution < 1.29 is 14.8 Å². The highest BCUT2D eigenvalue weighted by molar-refractivity contribution is 6.55. The van der Waals surface area contributed by atoms with Crippen LogP contribution in [0.3, 0.4) is 0 Å². The fourth-order valence-corrected chi connectivity index (χ4v) is 2.34. The maximum Gasteiger partial charge on any atom is 0.290 e. The van der Waals surface area contributed by atoms with Crippen molar-refractivity contribution in [3.05, 3.63) is 31.2 Å². The summed E-state index contributed by atoms with van der Waals surface area (Å²) in [5.41, 5.74) is -0.609. The second-order valence-electron chi connectivity index (χ2n) is 2.91. The number of fused-ring (bicyclic) bond motifs is 1. The van der Waals surface area contributed by atoms with E-state index in [9.17, 15) is 14.8 Å². The number of rotatable bonds is 0. The minimum atomic E-state index is -1.09. The molecule has 0 bridgehead atoms. The molecule has 16 heavy (non-hydrogen) atoms. The Labute approximate surface area is 109 Å². The Balaban J connectivity index is 2.91. The third kappa shape index (κ3) is 1.35. The summed E-state index contributed by atoms with van der Waals surface area (Å²) in [4.78, 5) is 22.8. The van der Waals surface area contributed by atoms with Gasteiger partial charge in [0.25, 0.3) is 11.8 Å². The van der Waals surface area contributed by atoms with Crippen molar-refractivity contribution in [2.24, 2.45) is 0 Å². The summed E-state index contributed by atoms with van der Waals surface area (Å²) in [7, 11) is 0. The molecule has 1 aliphatic rings. The first-order valence-electron chi connectivity index (χ1n) is 3.79. The average molecular weight is 300 g/mol. The number of halogens is 4. The van der Waals surface area contributed by atoms with Crippen molar-refractivity contribution in [1.82, 2.24) is 5.06 Å². The Morgan fingerprint density at radius 2 is 1.00 bits per heavy atom. The van der Waals surface area contributed by atoms with Crippen LogP contribution in [0.25, 0.3) is 0 Å². The molecule has 1 heterocycles. The topological polar surface area (TPSA) is 57.3 Å². The Hall–Kier alpha value is -0.520. The summed E-state index contributed by atoms with van der Waals surface area (Å²) in [6.45, 7) is 0. The van der Waals surface area contributed by atoms with Gasteiger partial charge in [0.1, 0.15) is 0 Å². The molecule has 0 N–H and O–H groups in total. The largest absolute Gasteiger partial charge is 0.290 e. The van der Waals surface area contributed by atoms with Crippen LogP contribution >= 0.6 is 46.4 Å². The Bertz CT molecular complexity index is 496. The van der Waals surface area contributed by atoms with E-state index < -0.39 is 11.8 Å². The number of carbonyl (C=O) groups is 2. The molecular weight excluding hydrogens is 300 g/mol. The van der Waals surface area contributed by atoms with Crippen LogP contribution in [0.2, 0.25) is 20.1 Å². The van der Waals surface area contributed by atoms with Gasteiger partial charge in [0, 0.05) is 0 Å². The van der Waals surface area contributed by atoms with Crippen LogP contribution in [0.5, 0.6) is 0 Å². The zero-order chi connectivity index (χ0) is 12.2. The summed E-state index contributed by atoms with van der Waals surface area (Å²) in [6, 6.07) is 0. The summed E-state index contributed by atoms with van der Waals surface area (Å²) < 4.78 is 0. The molecule has 0 saturated heterocycles. The first-order chi connectivity index (χ1) is 7.37. The van der Waals surface area contributed by atoms with Crippen LogP contribution in [-0.4, -0.2) is 16.9 Å². The normalized spacial score (nSPS) is 14.7. The molecule has 0 unspecified atom stereocenters. The third-order valence-corrected chi connectivity index (χ3v) is 3.87. The lowest BCUT2D eigenvalue weighted by Crippen LogP contribution is -2.23. The zero-order valence-electron chi connectivity index (χ0n) is 7.18. The third-order valence-electron chi connectivity index (χ3n) is 2.06. The molecule has 1 aromatic carbocycles. The highest BCUT2D eigenvalue weighted by atomic mass is 35.5. The molecule has 0 spiro atoms. The molecule has 4 nitrogen and oxygen atoms in total. The van der Waals surface area contributed by atoms with Crippen LogP contribution in [0, 0.1) is 0 Å². The minimum Gasteiger partial charge on any atom is -0.266 e. The predicted octanol–water partition coefficient (Wildman–Crippen LogP) is 3.24. The molecule has 2 rings (SSSR count). The molecular formula is C8Cl4NO3. The quantitative estimate of drug-likeness (QED) is 0.419. The average Bonchev–Trinajstić information content (AvgIpc) is 2.48. The number of amides is 2. The van der Waals surface area contributed by atoms with Crippen molar-refractivity contribution in [3.63, 3.8) is 0 Å². The summed E-state index contributed by atoms with van der Waals surface area (Å²) in [5.74, 6) is -2.18. The van der Waals surface area contributed by atoms with E-state index in [0.717, 1.165) is 0 Å². The van der Waals surface area contributed by atoms with E-state index in [0.29, 0.717) is 0 Å². The summed E-state index contributed by atoms with van der Waals surface area (Å²) in [6.07, 6.45) is 0. The van der Waals surface area contributed by atoms with Crippen LogP contribution < -0.4 is 0 Å². The lowest BCUT2D eigenvalue weighted by molar-refractivity contribution is -0.0828. The van der Waals surface area contributed by atoms with E-state index in [-0.39, 0.29) is 36.3 Å². The van der Waals surface area contributed by atoms with Gasteiger partial charge < -0.3 is 0 Å². The Morgan fingerprint density at radius 3 is 1.31 bits per heavy atom. The van der Waals surface area contributed by atoms with E-state index in [1.54, 1.807) is 0 Å². The molecule has 2 amide bonds. The Kier molecular flexibility index (Phi) is 2.80. The van der Waals surface area contributed by atoms with Crippen LogP contribution in [0.1, 0.15) is 20.7 Å². The Morgan fingerprint density at radius 1 is 0.688 bits per heavy atom. The summed E-state index contributed by atoms with van der Waals surface area (Å²) in [5, 5.41) is 9.94. The molecule has 8 heteroatoms. The number of hydrogen-bond acceptors (Lipinski definition) is 2. The molecule has 1 aromatic rings. The first-order valence-corrected chi connectivity index (χ1v) is 5.31. The van der Waals surface area contributed by atoms with Crippen molar-refractivity contribution in [1.29, 1.82) is 0 Å². The van der Waals surface area contributed by atoms with E-state index >= 15 is 0 Å². The predicted molar refractivity (Wildman–Crippen MR) is 57.7 cm³/mol. The van der Waals surface area contributed by atoms with Gasteiger partial charge in [-0.1, -0.05) is 51.6 Å². The van der Waals surface area contributed by atoms with Gasteiger partial charge in [0.2, 0.25) is 0 Å². The van der Waals surface area contributed by atoms with Gasteiger partial charge in [-0.15, -0.1) is 5.06 Å². The van der Waals surface area contributed by atoms with Gasteiger partial charge in [-0.2, -0.15) is 0 Å². The lowest BCUT2D eigenvalue weighted by Gasteiger charge is -2.05. The van der Waals surface area contributed by atoms with Gasteiger partial charge in [-0.3, -0.25) is 9.59 Å². The van der Waals surface area contributed by atoms with E-state index in [2.05, 4.69) is 0 Å². The van der Waals surface area contributed by atoms with E-state index in [1.807, 2.05) is 0 Å². The van der Waals surface area contributed by atoms with Crippen molar-refractivity contribution in [3.8, 4) is 0 Å². The van der Waals surface area contributed by atoms with Gasteiger partial charge >= 0.3 is 0 Å². The lowest BCUT2D eigenvalue weighted by atomic mass is 10.1. The number of imide groups is 1. The molecule has 0 fully saturated rings. The molecule has 0 saturated carbocycles. The molecule has 1 aliphatic heterocycles. The molecule has 0 aromatic heterocycles. The number of benzene rings is 1. The fourth-order valence-electron chi connectivity index (χ4n) is 1.33. The number of hydrogen-bond donors (Lipinski definition) is 0. The molecule has 83 valence electrons. The SMILES string of the molecule is [O]N1C(=O)c2c(Cl)c(Cl)c(Cl)c(Cl)c2C1=O. The number of carbonyl (C=O) groups excluding carboxylic acids is 2. The second kappa shape index (κ2) is 3.75. The monoisotopic (exact) mass is 298 g/mol. The number of nitrogens with zero attached hydrogens (tertiary/aromatic N) is 1. The second-order valence-corrected chi connectivity index (χ2v) is 4.42. The maximum atomic E-state index is 11.4.